The molecule has 0 amide bonds. The summed E-state index contributed by atoms with van der Waals surface area (Å²) in [6.45, 7) is 4.60. The quantitative estimate of drug-likeness (QED) is 0.663. The second-order valence-corrected chi connectivity index (χ2v) is 5.13. The van der Waals surface area contributed by atoms with Gasteiger partial charge in [0.15, 0.2) is 0 Å². The monoisotopic (exact) mass is 211 g/mol. The first-order valence-electron chi connectivity index (χ1n) is 7.12. The highest BCUT2D eigenvalue weighted by Crippen LogP contribution is 2.19. The normalized spacial score (nSPS) is 20.4. The van der Waals surface area contributed by atoms with E-state index in [0.29, 0.717) is 0 Å². The maximum Gasteiger partial charge on any atom is 0.00696 e. The van der Waals surface area contributed by atoms with E-state index in [0.717, 1.165) is 12.1 Å². The third-order valence-electron chi connectivity index (χ3n) is 3.62. The van der Waals surface area contributed by atoms with E-state index in [1.54, 1.807) is 0 Å². The zero-order valence-corrected chi connectivity index (χ0v) is 10.7. The van der Waals surface area contributed by atoms with Crippen LogP contribution >= 0.6 is 0 Å². The lowest BCUT2D eigenvalue weighted by molar-refractivity contribution is 0.313. The Kier molecular flexibility index (Phi) is 7.08. The Morgan fingerprint density at radius 3 is 2.33 bits per heavy atom. The van der Waals surface area contributed by atoms with Crippen molar-refractivity contribution in [1.29, 1.82) is 0 Å². The van der Waals surface area contributed by atoms with Crippen LogP contribution in [0.1, 0.15) is 78.1 Å². The highest BCUT2D eigenvalue weighted by Gasteiger charge is 2.16. The summed E-state index contributed by atoms with van der Waals surface area (Å²) in [7, 11) is 0. The first kappa shape index (κ1) is 13.0. The molecule has 0 aromatic carbocycles. The molecule has 0 saturated heterocycles. The molecule has 15 heavy (non-hydrogen) atoms. The van der Waals surface area contributed by atoms with Gasteiger partial charge < -0.3 is 5.32 Å². The Balaban J connectivity index is 2.21. The van der Waals surface area contributed by atoms with Gasteiger partial charge >= 0.3 is 0 Å². The Bertz CT molecular complexity index is 138. The summed E-state index contributed by atoms with van der Waals surface area (Å²) < 4.78 is 0. The summed E-state index contributed by atoms with van der Waals surface area (Å²) in [6.07, 6.45) is 14.0. The Hall–Kier alpha value is -0.0400. The summed E-state index contributed by atoms with van der Waals surface area (Å²) in [5.41, 5.74) is 0. The highest BCUT2D eigenvalue weighted by atomic mass is 14.9. The molecule has 1 aliphatic rings. The van der Waals surface area contributed by atoms with Crippen LogP contribution in [0.25, 0.3) is 0 Å². The van der Waals surface area contributed by atoms with Gasteiger partial charge in [-0.3, -0.25) is 0 Å². The van der Waals surface area contributed by atoms with Crippen molar-refractivity contribution in [3.8, 4) is 0 Å². The van der Waals surface area contributed by atoms with Crippen molar-refractivity contribution >= 4 is 0 Å². The van der Waals surface area contributed by atoms with Crippen LogP contribution in [0, 0.1) is 0 Å². The van der Waals surface area contributed by atoms with Crippen molar-refractivity contribution in [3.63, 3.8) is 0 Å². The summed E-state index contributed by atoms with van der Waals surface area (Å²) in [5, 5.41) is 3.89. The molecule has 1 heteroatoms. The predicted molar refractivity (Wildman–Crippen MR) is 68.2 cm³/mol. The average Bonchev–Trinajstić information content (AvgIpc) is 2.28. The minimum Gasteiger partial charge on any atom is -0.311 e. The van der Waals surface area contributed by atoms with Gasteiger partial charge in [-0.15, -0.1) is 0 Å². The van der Waals surface area contributed by atoms with Crippen LogP contribution in [0.5, 0.6) is 0 Å². The standard InChI is InChI=1S/C14H29N/c1-3-5-10-13(9-4-2)15-14-11-7-6-8-12-14/h13-15H,3-12H2,1-2H3. The van der Waals surface area contributed by atoms with Crippen LogP contribution in [0.2, 0.25) is 0 Å². The molecule has 1 aliphatic carbocycles. The van der Waals surface area contributed by atoms with E-state index < -0.39 is 0 Å². The third-order valence-corrected chi connectivity index (χ3v) is 3.62. The van der Waals surface area contributed by atoms with Crippen molar-refractivity contribution < 1.29 is 0 Å². The van der Waals surface area contributed by atoms with Crippen LogP contribution in [-0.2, 0) is 0 Å². The van der Waals surface area contributed by atoms with Crippen LogP contribution < -0.4 is 5.32 Å². The molecule has 90 valence electrons. The van der Waals surface area contributed by atoms with Gasteiger partial charge in [-0.25, -0.2) is 0 Å². The maximum absolute atomic E-state index is 3.89. The summed E-state index contributed by atoms with van der Waals surface area (Å²) in [6, 6.07) is 1.64. The number of rotatable bonds is 7. The van der Waals surface area contributed by atoms with E-state index >= 15 is 0 Å². The smallest absolute Gasteiger partial charge is 0.00696 e. The van der Waals surface area contributed by atoms with Crippen LogP contribution in [0.3, 0.4) is 0 Å². The van der Waals surface area contributed by atoms with Crippen molar-refractivity contribution in [3.05, 3.63) is 0 Å². The van der Waals surface area contributed by atoms with E-state index in [1.807, 2.05) is 0 Å². The van der Waals surface area contributed by atoms with Crippen molar-refractivity contribution in [2.45, 2.75) is 90.1 Å². The second-order valence-electron chi connectivity index (χ2n) is 5.13. The highest BCUT2D eigenvalue weighted by molar-refractivity contribution is 4.77. The number of unbranched alkanes of at least 4 members (excludes halogenated alkanes) is 1. The molecule has 1 saturated carbocycles. The van der Waals surface area contributed by atoms with Crippen LogP contribution in [0.15, 0.2) is 0 Å². The molecule has 0 bridgehead atoms. The van der Waals surface area contributed by atoms with E-state index in [9.17, 15) is 0 Å². The molecule has 1 fully saturated rings. The summed E-state index contributed by atoms with van der Waals surface area (Å²) in [5.74, 6) is 0. The topological polar surface area (TPSA) is 12.0 Å². The molecule has 0 aliphatic heterocycles. The average molecular weight is 211 g/mol. The van der Waals surface area contributed by atoms with E-state index in [-0.39, 0.29) is 0 Å². The fourth-order valence-corrected chi connectivity index (χ4v) is 2.71. The van der Waals surface area contributed by atoms with Gasteiger partial charge in [0.1, 0.15) is 0 Å². The lowest BCUT2D eigenvalue weighted by Crippen LogP contribution is -2.39. The summed E-state index contributed by atoms with van der Waals surface area (Å²) in [4.78, 5) is 0. The van der Waals surface area contributed by atoms with Gasteiger partial charge in [0, 0.05) is 12.1 Å². The van der Waals surface area contributed by atoms with Gasteiger partial charge in [0.25, 0.3) is 0 Å². The molecule has 1 N–H and O–H groups in total. The van der Waals surface area contributed by atoms with Crippen LogP contribution in [0.4, 0.5) is 0 Å². The molecule has 1 atom stereocenters. The van der Waals surface area contributed by atoms with Crippen LogP contribution in [-0.4, -0.2) is 12.1 Å². The van der Waals surface area contributed by atoms with Crippen molar-refractivity contribution in [2.75, 3.05) is 0 Å². The van der Waals surface area contributed by atoms with Gasteiger partial charge in [0.2, 0.25) is 0 Å². The minimum atomic E-state index is 0.804. The Morgan fingerprint density at radius 1 is 1.00 bits per heavy atom. The summed E-state index contributed by atoms with van der Waals surface area (Å²) >= 11 is 0. The number of nitrogens with one attached hydrogen (secondary N) is 1. The Labute approximate surface area is 96.0 Å². The number of hydrogen-bond donors (Lipinski definition) is 1. The fraction of sp³-hybridized carbons (Fsp3) is 1.00. The molecule has 0 aromatic rings. The number of hydrogen-bond acceptors (Lipinski definition) is 1. The molecule has 0 radical (unpaired) electrons. The lowest BCUT2D eigenvalue weighted by Gasteiger charge is -2.28. The van der Waals surface area contributed by atoms with E-state index in [4.69, 9.17) is 0 Å². The Morgan fingerprint density at radius 2 is 1.73 bits per heavy atom. The fourth-order valence-electron chi connectivity index (χ4n) is 2.71. The van der Waals surface area contributed by atoms with Gasteiger partial charge in [-0.2, -0.15) is 0 Å². The van der Waals surface area contributed by atoms with Gasteiger partial charge in [-0.1, -0.05) is 52.4 Å². The van der Waals surface area contributed by atoms with E-state index in [2.05, 4.69) is 19.2 Å². The van der Waals surface area contributed by atoms with Crippen molar-refractivity contribution in [1.82, 2.24) is 5.32 Å². The molecular weight excluding hydrogens is 182 g/mol. The zero-order chi connectivity index (χ0) is 10.9. The maximum atomic E-state index is 3.89. The lowest BCUT2D eigenvalue weighted by atomic mass is 9.93. The minimum absolute atomic E-state index is 0.804. The van der Waals surface area contributed by atoms with Gasteiger partial charge in [0.05, 0.1) is 0 Å². The zero-order valence-electron chi connectivity index (χ0n) is 10.7. The van der Waals surface area contributed by atoms with E-state index in [1.165, 1.54) is 64.2 Å². The van der Waals surface area contributed by atoms with Gasteiger partial charge in [-0.05, 0) is 25.7 Å². The first-order valence-corrected chi connectivity index (χ1v) is 7.12. The molecule has 1 rings (SSSR count). The molecule has 0 heterocycles. The molecule has 1 unspecified atom stereocenters. The van der Waals surface area contributed by atoms with Crippen molar-refractivity contribution in [2.24, 2.45) is 0 Å². The predicted octanol–water partition coefficient (Wildman–Crippen LogP) is 4.27. The third kappa shape index (κ3) is 5.55. The SMILES string of the molecule is CCCCC(CCC)NC1CCCCC1. The molecule has 0 aromatic heterocycles. The second kappa shape index (κ2) is 8.15. The molecule has 1 nitrogen and oxygen atoms in total. The largest absolute Gasteiger partial charge is 0.311 e. The molecular formula is C14H29N. The molecule has 0 spiro atoms. The first-order chi connectivity index (χ1) is 7.36.